The number of nitrogens with zero attached hydrogens (tertiary/aromatic N) is 2. The highest BCUT2D eigenvalue weighted by molar-refractivity contribution is 6.05. The van der Waals surface area contributed by atoms with E-state index in [2.05, 4.69) is 16.0 Å². The molecular weight excluding hydrogens is 468 g/mol. The highest BCUT2D eigenvalue weighted by Gasteiger charge is 2.19. The fourth-order valence-electron chi connectivity index (χ4n) is 4.69. The number of carbonyl (C=O) groups excluding carboxylic acids is 2. The van der Waals surface area contributed by atoms with Crippen molar-refractivity contribution in [3.8, 4) is 0 Å². The molecule has 0 saturated carbocycles. The number of carbonyl (C=O) groups is 2. The molecular formula is C28H30N6O3. The molecule has 1 aliphatic rings. The number of nitrogens with one attached hydrogen (secondary N) is 3. The topological polar surface area (TPSA) is 123 Å². The molecule has 5 rings (SSSR count). The van der Waals surface area contributed by atoms with Crippen molar-refractivity contribution in [2.24, 2.45) is 7.05 Å². The van der Waals surface area contributed by atoms with Gasteiger partial charge in [-0.1, -0.05) is 24.3 Å². The number of aryl methyl sites for hydroxylation is 1. The molecule has 0 spiro atoms. The molecule has 1 aromatic heterocycles. The zero-order valence-corrected chi connectivity index (χ0v) is 20.7. The Balaban J connectivity index is 1.36. The van der Waals surface area contributed by atoms with Gasteiger partial charge in [-0.3, -0.25) is 18.7 Å². The highest BCUT2D eigenvalue weighted by Crippen LogP contribution is 2.20. The predicted octanol–water partition coefficient (Wildman–Crippen LogP) is 2.70. The molecule has 5 N–H and O–H groups in total. The maximum absolute atomic E-state index is 13.0. The highest BCUT2D eigenvalue weighted by atomic mass is 16.2. The van der Waals surface area contributed by atoms with Gasteiger partial charge >= 0.3 is 5.69 Å². The molecule has 1 fully saturated rings. The fraction of sp³-hybridized carbons (Fsp3) is 0.250. The Morgan fingerprint density at radius 3 is 2.38 bits per heavy atom. The monoisotopic (exact) mass is 498 g/mol. The van der Waals surface area contributed by atoms with Gasteiger partial charge < -0.3 is 21.7 Å². The molecule has 0 unspecified atom stereocenters. The molecule has 4 aromatic rings. The van der Waals surface area contributed by atoms with E-state index in [4.69, 9.17) is 5.73 Å². The normalized spacial score (nSPS) is 14.0. The quantitative estimate of drug-likeness (QED) is 0.305. The van der Waals surface area contributed by atoms with Gasteiger partial charge in [-0.2, -0.15) is 0 Å². The van der Waals surface area contributed by atoms with E-state index in [1.807, 2.05) is 18.2 Å². The van der Waals surface area contributed by atoms with Gasteiger partial charge in [-0.05, 0) is 74.0 Å². The summed E-state index contributed by atoms with van der Waals surface area (Å²) in [5, 5.41) is 9.22. The largest absolute Gasteiger partial charge is 0.397 e. The van der Waals surface area contributed by atoms with Gasteiger partial charge in [0.15, 0.2) is 0 Å². The van der Waals surface area contributed by atoms with Gasteiger partial charge in [0.1, 0.15) is 0 Å². The van der Waals surface area contributed by atoms with E-state index in [-0.39, 0.29) is 23.5 Å². The van der Waals surface area contributed by atoms with Gasteiger partial charge in [0.25, 0.3) is 11.8 Å². The van der Waals surface area contributed by atoms with Crippen LogP contribution in [0.5, 0.6) is 0 Å². The number of rotatable bonds is 6. The molecule has 0 atom stereocenters. The summed E-state index contributed by atoms with van der Waals surface area (Å²) in [6.07, 6.45) is 1.80. The van der Waals surface area contributed by atoms with E-state index >= 15 is 0 Å². The van der Waals surface area contributed by atoms with Crippen molar-refractivity contribution in [3.63, 3.8) is 0 Å². The summed E-state index contributed by atoms with van der Waals surface area (Å²) in [5.41, 5.74) is 10.1. The van der Waals surface area contributed by atoms with Crippen LogP contribution in [-0.4, -0.2) is 40.1 Å². The van der Waals surface area contributed by atoms with Crippen LogP contribution in [0.15, 0.2) is 71.5 Å². The lowest BCUT2D eigenvalue weighted by Gasteiger charge is -2.23. The molecule has 9 heteroatoms. The first-order chi connectivity index (χ1) is 17.9. The number of anilines is 2. The van der Waals surface area contributed by atoms with E-state index in [1.165, 1.54) is 0 Å². The van der Waals surface area contributed by atoms with Crippen LogP contribution < -0.4 is 27.4 Å². The molecule has 2 heterocycles. The van der Waals surface area contributed by atoms with Gasteiger partial charge in [-0.25, -0.2) is 4.79 Å². The number of nitrogens with two attached hydrogens (primary N) is 1. The van der Waals surface area contributed by atoms with E-state index in [0.717, 1.165) is 37.0 Å². The number of benzene rings is 3. The smallest absolute Gasteiger partial charge is 0.329 e. The predicted molar refractivity (Wildman–Crippen MR) is 145 cm³/mol. The summed E-state index contributed by atoms with van der Waals surface area (Å²) in [5.74, 6) is -0.401. The second-order valence-electron chi connectivity index (χ2n) is 9.37. The van der Waals surface area contributed by atoms with Gasteiger partial charge in [0.05, 0.1) is 29.0 Å². The average molecular weight is 499 g/mol. The fourth-order valence-corrected chi connectivity index (χ4v) is 4.69. The average Bonchev–Trinajstić information content (AvgIpc) is 3.15. The van der Waals surface area contributed by atoms with Crippen LogP contribution in [0, 0.1) is 0 Å². The third-order valence-corrected chi connectivity index (χ3v) is 6.85. The second kappa shape index (κ2) is 10.3. The Kier molecular flexibility index (Phi) is 6.78. The van der Waals surface area contributed by atoms with Crippen molar-refractivity contribution in [1.29, 1.82) is 0 Å². The van der Waals surface area contributed by atoms with Crippen molar-refractivity contribution in [1.82, 2.24) is 19.8 Å². The summed E-state index contributed by atoms with van der Waals surface area (Å²) in [6.45, 7) is 2.09. The number of fused-ring (bicyclic) bond motifs is 1. The zero-order chi connectivity index (χ0) is 25.9. The maximum atomic E-state index is 13.0. The van der Waals surface area contributed by atoms with Crippen molar-refractivity contribution in [2.75, 3.05) is 24.1 Å². The minimum Gasteiger partial charge on any atom is -0.397 e. The third kappa shape index (κ3) is 5.12. The first-order valence-electron chi connectivity index (χ1n) is 12.4. The van der Waals surface area contributed by atoms with Crippen LogP contribution in [0.1, 0.15) is 39.1 Å². The number of aromatic nitrogens is 2. The van der Waals surface area contributed by atoms with Crippen LogP contribution in [0.3, 0.4) is 0 Å². The molecule has 0 bridgehead atoms. The van der Waals surface area contributed by atoms with Crippen LogP contribution >= 0.6 is 0 Å². The first kappa shape index (κ1) is 24.3. The van der Waals surface area contributed by atoms with Crippen molar-refractivity contribution in [2.45, 2.75) is 25.4 Å². The van der Waals surface area contributed by atoms with Gasteiger partial charge in [-0.15, -0.1) is 0 Å². The minimum atomic E-state index is -0.267. The van der Waals surface area contributed by atoms with Crippen molar-refractivity contribution in [3.05, 3.63) is 93.9 Å². The SMILES string of the molecule is Cn1c(=O)n(Cc2ccc(C(=O)Nc3ccccc3N)cc2)c2cc(C(=O)NC3CCNCC3)ccc21. The van der Waals surface area contributed by atoms with Crippen molar-refractivity contribution >= 4 is 34.2 Å². The van der Waals surface area contributed by atoms with Crippen LogP contribution in [0.2, 0.25) is 0 Å². The Labute approximate surface area is 214 Å². The lowest BCUT2D eigenvalue weighted by molar-refractivity contribution is 0.0929. The minimum absolute atomic E-state index is 0.133. The Hall–Kier alpha value is -4.37. The number of hydrogen-bond donors (Lipinski definition) is 4. The number of para-hydroxylation sites is 2. The maximum Gasteiger partial charge on any atom is 0.329 e. The first-order valence-corrected chi connectivity index (χ1v) is 12.4. The Morgan fingerprint density at radius 2 is 1.65 bits per heavy atom. The molecule has 3 aromatic carbocycles. The molecule has 190 valence electrons. The zero-order valence-electron chi connectivity index (χ0n) is 20.7. The summed E-state index contributed by atoms with van der Waals surface area (Å²) in [4.78, 5) is 38.6. The number of amides is 2. The van der Waals surface area contributed by atoms with Crippen molar-refractivity contribution < 1.29 is 9.59 Å². The van der Waals surface area contributed by atoms with E-state index in [1.54, 1.807) is 64.7 Å². The molecule has 1 saturated heterocycles. The summed E-state index contributed by atoms with van der Waals surface area (Å²) in [7, 11) is 1.72. The standard InChI is InChI=1S/C28H30N6O3/c1-33-24-11-10-20(27(36)31-21-12-14-30-15-13-21)16-25(24)34(28(33)37)17-18-6-8-19(9-7-18)26(35)32-23-5-3-2-4-22(23)29/h2-11,16,21,30H,12-15,17,29H2,1H3,(H,31,36)(H,32,35). The van der Waals surface area contributed by atoms with Crippen LogP contribution in [0.25, 0.3) is 11.0 Å². The summed E-state index contributed by atoms with van der Waals surface area (Å²) < 4.78 is 3.23. The van der Waals surface area contributed by atoms with Crippen LogP contribution in [-0.2, 0) is 13.6 Å². The lowest BCUT2D eigenvalue weighted by Crippen LogP contribution is -2.42. The Morgan fingerprint density at radius 1 is 0.946 bits per heavy atom. The van der Waals surface area contributed by atoms with Crippen LogP contribution in [0.4, 0.5) is 11.4 Å². The second-order valence-corrected chi connectivity index (χ2v) is 9.37. The molecule has 2 amide bonds. The number of imidazole rings is 1. The molecule has 37 heavy (non-hydrogen) atoms. The molecule has 1 aliphatic heterocycles. The number of piperidine rings is 1. The van der Waals surface area contributed by atoms with Gasteiger partial charge in [0, 0.05) is 24.2 Å². The van der Waals surface area contributed by atoms with Gasteiger partial charge in [0.2, 0.25) is 0 Å². The van der Waals surface area contributed by atoms with E-state index in [9.17, 15) is 14.4 Å². The Bertz CT molecular complexity index is 1510. The van der Waals surface area contributed by atoms with E-state index < -0.39 is 0 Å². The summed E-state index contributed by atoms with van der Waals surface area (Å²) in [6, 6.07) is 19.7. The molecule has 0 radical (unpaired) electrons. The number of hydrogen-bond acceptors (Lipinski definition) is 5. The number of nitrogen functional groups attached to an aromatic ring is 1. The summed E-state index contributed by atoms with van der Waals surface area (Å²) >= 11 is 0. The third-order valence-electron chi connectivity index (χ3n) is 6.85. The van der Waals surface area contributed by atoms with E-state index in [0.29, 0.717) is 34.6 Å². The molecule has 0 aliphatic carbocycles. The lowest BCUT2D eigenvalue weighted by atomic mass is 10.1. The molecule has 9 nitrogen and oxygen atoms in total.